The molecule has 11 aromatic rings. The Bertz CT molecular complexity index is 2930. The van der Waals surface area contributed by atoms with Crippen LogP contribution in [0.1, 0.15) is 0 Å². The van der Waals surface area contributed by atoms with E-state index in [2.05, 4.69) is 122 Å². The number of benzene rings is 5. The third-order valence-electron chi connectivity index (χ3n) is 9.81. The lowest BCUT2D eigenvalue weighted by molar-refractivity contribution is 0.667. The van der Waals surface area contributed by atoms with Gasteiger partial charge >= 0.3 is 0 Å². The van der Waals surface area contributed by atoms with Crippen LogP contribution in [0, 0.1) is 0 Å². The summed E-state index contributed by atoms with van der Waals surface area (Å²) in [4.78, 5) is 10.3. The smallest absolute Gasteiger partial charge is 0.171 e. The van der Waals surface area contributed by atoms with Gasteiger partial charge in [-0.15, -0.1) is 10.2 Å². The predicted molar refractivity (Wildman–Crippen MR) is 202 cm³/mol. The molecule has 51 heavy (non-hydrogen) atoms. The quantitative estimate of drug-likeness (QED) is 0.188. The fourth-order valence-electron chi connectivity index (χ4n) is 7.50. The van der Waals surface area contributed by atoms with Gasteiger partial charge in [-0.2, -0.15) is 0 Å². The van der Waals surface area contributed by atoms with Gasteiger partial charge < -0.3 is 8.98 Å². The van der Waals surface area contributed by atoms with E-state index in [0.717, 1.165) is 72.4 Å². The van der Waals surface area contributed by atoms with Gasteiger partial charge in [0.05, 0.1) is 34.1 Å². The summed E-state index contributed by atoms with van der Waals surface area (Å²) < 4.78 is 10.7. The molecular formula is C43H25N7O. The van der Waals surface area contributed by atoms with Gasteiger partial charge in [0.25, 0.3) is 0 Å². The van der Waals surface area contributed by atoms with Crippen molar-refractivity contribution < 1.29 is 4.42 Å². The lowest BCUT2D eigenvalue weighted by Gasteiger charge is -2.08. The summed E-state index contributed by atoms with van der Waals surface area (Å²) in [5.74, 6) is 0. The van der Waals surface area contributed by atoms with E-state index < -0.39 is 0 Å². The van der Waals surface area contributed by atoms with E-state index in [1.165, 1.54) is 16.3 Å². The largest absolute Gasteiger partial charge is 0.453 e. The van der Waals surface area contributed by atoms with Crippen LogP contribution >= 0.6 is 0 Å². The van der Waals surface area contributed by atoms with E-state index in [1.807, 2.05) is 48.5 Å². The van der Waals surface area contributed by atoms with Crippen LogP contribution in [0.15, 0.2) is 156 Å². The Morgan fingerprint density at radius 3 is 1.67 bits per heavy atom. The topological polar surface area (TPSA) is 87.5 Å². The van der Waals surface area contributed by atoms with Crippen molar-refractivity contribution in [3.8, 4) is 33.9 Å². The number of fused-ring (bicyclic) bond motifs is 9. The van der Waals surface area contributed by atoms with E-state index >= 15 is 0 Å². The lowest BCUT2D eigenvalue weighted by Crippen LogP contribution is -1.97. The molecule has 0 fully saturated rings. The van der Waals surface area contributed by atoms with Gasteiger partial charge in [-0.25, -0.2) is 9.97 Å². The molecule has 0 spiro atoms. The Morgan fingerprint density at radius 2 is 1.00 bits per heavy atom. The van der Waals surface area contributed by atoms with E-state index in [0.29, 0.717) is 11.2 Å². The van der Waals surface area contributed by atoms with Crippen molar-refractivity contribution in [1.29, 1.82) is 0 Å². The van der Waals surface area contributed by atoms with Crippen LogP contribution in [0.5, 0.6) is 0 Å². The fourth-order valence-corrected chi connectivity index (χ4v) is 7.50. The highest BCUT2D eigenvalue weighted by molar-refractivity contribution is 6.11. The zero-order chi connectivity index (χ0) is 33.5. The van der Waals surface area contributed by atoms with Gasteiger partial charge in [-0.3, -0.25) is 4.57 Å². The summed E-state index contributed by atoms with van der Waals surface area (Å²) in [7, 11) is 0. The number of aromatic nitrogens is 7. The highest BCUT2D eigenvalue weighted by atomic mass is 16.3. The lowest BCUT2D eigenvalue weighted by atomic mass is 10.1. The molecule has 0 unspecified atom stereocenters. The Morgan fingerprint density at radius 1 is 0.451 bits per heavy atom. The Labute approximate surface area is 289 Å². The summed E-state index contributed by atoms with van der Waals surface area (Å²) in [6.45, 7) is 0. The first-order valence-corrected chi connectivity index (χ1v) is 16.8. The maximum atomic E-state index is 6.25. The summed E-state index contributed by atoms with van der Waals surface area (Å²) >= 11 is 0. The molecule has 11 rings (SSSR count). The van der Waals surface area contributed by atoms with Crippen LogP contribution < -0.4 is 0 Å². The van der Waals surface area contributed by atoms with Crippen molar-refractivity contribution in [3.05, 3.63) is 152 Å². The molecule has 0 bridgehead atoms. The second-order valence-electron chi connectivity index (χ2n) is 12.7. The van der Waals surface area contributed by atoms with Crippen molar-refractivity contribution >= 4 is 65.9 Å². The van der Waals surface area contributed by atoms with Crippen molar-refractivity contribution in [1.82, 2.24) is 34.5 Å². The molecule has 6 heterocycles. The molecule has 8 heteroatoms. The van der Waals surface area contributed by atoms with Crippen molar-refractivity contribution in [3.63, 3.8) is 0 Å². The number of nitrogens with zero attached hydrogens (tertiary/aromatic N) is 7. The van der Waals surface area contributed by atoms with Crippen molar-refractivity contribution in [2.24, 2.45) is 0 Å². The van der Waals surface area contributed by atoms with Crippen LogP contribution in [-0.4, -0.2) is 34.5 Å². The maximum absolute atomic E-state index is 6.25. The Hall–Kier alpha value is -7.19. The number of pyridine rings is 2. The summed E-state index contributed by atoms with van der Waals surface area (Å²) in [5, 5.41) is 16.8. The number of rotatable bonds is 4. The van der Waals surface area contributed by atoms with Crippen LogP contribution in [-0.2, 0) is 0 Å². The minimum Gasteiger partial charge on any atom is -0.453 e. The molecule has 0 aliphatic carbocycles. The zero-order valence-electron chi connectivity index (χ0n) is 27.0. The molecule has 5 aromatic carbocycles. The monoisotopic (exact) mass is 655 g/mol. The SMILES string of the molecule is c1ccc(-n2c3ccccc3c3ccc(-c4ccc5oc6ccc(-c7ccc8c9cnnnc9n(-c9ccccc9)c8c7)nc6c5n4)cc32)cc1. The van der Waals surface area contributed by atoms with E-state index in [9.17, 15) is 0 Å². The average molecular weight is 656 g/mol. The summed E-state index contributed by atoms with van der Waals surface area (Å²) in [6, 6.07) is 50.2. The molecule has 0 saturated heterocycles. The number of furan rings is 1. The van der Waals surface area contributed by atoms with Gasteiger partial charge in [0.1, 0.15) is 11.0 Å². The second kappa shape index (κ2) is 10.7. The van der Waals surface area contributed by atoms with Crippen molar-refractivity contribution in [2.45, 2.75) is 0 Å². The molecule has 0 amide bonds. The standard InChI is InChI=1S/C43H25N7O/c1-3-9-28(10-4-1)49-36-14-8-7-13-30(36)31-17-15-26(23-37(31)49)34-19-21-39-41(45-34)42-40(51-39)22-20-35(46-42)27-16-18-32-33-25-44-48-47-43(33)50(38(32)24-27)29-11-5-2-6-12-29/h1-25H. The van der Waals surface area contributed by atoms with Crippen LogP contribution in [0.2, 0.25) is 0 Å². The minimum absolute atomic E-state index is 0.693. The first-order valence-electron chi connectivity index (χ1n) is 16.8. The molecule has 0 saturated carbocycles. The third kappa shape index (κ3) is 4.17. The fraction of sp³-hybridized carbons (Fsp3) is 0. The van der Waals surface area contributed by atoms with Gasteiger partial charge in [-0.1, -0.05) is 78.9 Å². The molecule has 6 aromatic heterocycles. The Kier molecular flexibility index (Phi) is 5.79. The third-order valence-corrected chi connectivity index (χ3v) is 9.81. The van der Waals surface area contributed by atoms with Crippen molar-refractivity contribution in [2.75, 3.05) is 0 Å². The predicted octanol–water partition coefficient (Wildman–Crippen LogP) is 10.1. The molecule has 0 aliphatic rings. The highest BCUT2D eigenvalue weighted by Gasteiger charge is 2.18. The Balaban J connectivity index is 1.07. The maximum Gasteiger partial charge on any atom is 0.171 e. The summed E-state index contributed by atoms with van der Waals surface area (Å²) in [5.41, 5.74) is 12.7. The minimum atomic E-state index is 0.693. The molecule has 0 aliphatic heterocycles. The normalized spacial score (nSPS) is 11.9. The molecule has 238 valence electrons. The van der Waals surface area contributed by atoms with Gasteiger partial charge in [0, 0.05) is 44.0 Å². The first-order chi connectivity index (χ1) is 25.3. The van der Waals surface area contributed by atoms with E-state index in [1.54, 1.807) is 6.20 Å². The van der Waals surface area contributed by atoms with Gasteiger partial charge in [-0.05, 0) is 71.9 Å². The highest BCUT2D eigenvalue weighted by Crippen LogP contribution is 2.37. The zero-order valence-corrected chi connectivity index (χ0v) is 27.0. The molecular weight excluding hydrogens is 631 g/mol. The summed E-state index contributed by atoms with van der Waals surface area (Å²) in [6.07, 6.45) is 1.77. The molecule has 0 atom stereocenters. The van der Waals surface area contributed by atoms with Crippen LogP contribution in [0.3, 0.4) is 0 Å². The molecule has 0 radical (unpaired) electrons. The molecule has 0 N–H and O–H groups in total. The number of para-hydroxylation sites is 3. The number of hydrogen-bond donors (Lipinski definition) is 0. The van der Waals surface area contributed by atoms with Crippen LogP contribution in [0.4, 0.5) is 0 Å². The molecule has 8 nitrogen and oxygen atoms in total. The van der Waals surface area contributed by atoms with E-state index in [-0.39, 0.29) is 0 Å². The van der Waals surface area contributed by atoms with E-state index in [4.69, 9.17) is 14.4 Å². The van der Waals surface area contributed by atoms with Gasteiger partial charge in [0.2, 0.25) is 0 Å². The average Bonchev–Trinajstić information content (AvgIpc) is 3.85. The number of hydrogen-bond acceptors (Lipinski definition) is 6. The van der Waals surface area contributed by atoms with Gasteiger partial charge in [0.15, 0.2) is 16.8 Å². The van der Waals surface area contributed by atoms with Crippen LogP contribution in [0.25, 0.3) is 99.8 Å². The second-order valence-corrected chi connectivity index (χ2v) is 12.7. The first kappa shape index (κ1) is 27.7.